The molecular formula is C14H26N2O3S. The number of hydrogen-bond donors (Lipinski definition) is 2. The van der Waals surface area contributed by atoms with Crippen molar-refractivity contribution in [2.75, 3.05) is 12.3 Å². The first-order valence-electron chi connectivity index (χ1n) is 7.74. The first-order chi connectivity index (χ1) is 9.49. The Morgan fingerprint density at radius 1 is 1.15 bits per heavy atom. The fraction of sp³-hybridized carbons (Fsp3) is 0.929. The van der Waals surface area contributed by atoms with Crippen molar-refractivity contribution in [1.82, 2.24) is 10.6 Å². The van der Waals surface area contributed by atoms with Crippen LogP contribution >= 0.6 is 0 Å². The van der Waals surface area contributed by atoms with E-state index in [9.17, 15) is 13.2 Å². The monoisotopic (exact) mass is 302 g/mol. The van der Waals surface area contributed by atoms with Crippen LogP contribution in [0.5, 0.6) is 0 Å². The van der Waals surface area contributed by atoms with Crippen LogP contribution in [0.3, 0.4) is 0 Å². The summed E-state index contributed by atoms with van der Waals surface area (Å²) in [6, 6.07) is -0.0246. The minimum Gasteiger partial charge on any atom is -0.352 e. The van der Waals surface area contributed by atoms with E-state index in [1.54, 1.807) is 6.92 Å². The first kappa shape index (κ1) is 15.8. The Kier molecular flexibility index (Phi) is 5.43. The molecule has 1 saturated carbocycles. The lowest BCUT2D eigenvalue weighted by Crippen LogP contribution is -2.48. The highest BCUT2D eigenvalue weighted by molar-refractivity contribution is 7.92. The molecular weight excluding hydrogens is 276 g/mol. The van der Waals surface area contributed by atoms with Crippen molar-refractivity contribution in [3.8, 4) is 0 Å². The molecule has 1 amide bonds. The van der Waals surface area contributed by atoms with Gasteiger partial charge in [0.2, 0.25) is 5.91 Å². The van der Waals surface area contributed by atoms with E-state index in [1.165, 1.54) is 19.3 Å². The second-order valence-electron chi connectivity index (χ2n) is 6.10. The second kappa shape index (κ2) is 6.89. The zero-order chi connectivity index (χ0) is 14.6. The highest BCUT2D eigenvalue weighted by Crippen LogP contribution is 2.19. The summed E-state index contributed by atoms with van der Waals surface area (Å²) in [5.41, 5.74) is 0. The number of carbonyl (C=O) groups excluding carboxylic acids is 1. The minimum absolute atomic E-state index is 0.00713. The predicted octanol–water partition coefficient (Wildman–Crippen LogP) is 0.991. The molecule has 0 radical (unpaired) electrons. The maximum Gasteiger partial charge on any atom is 0.237 e. The van der Waals surface area contributed by atoms with Crippen molar-refractivity contribution >= 4 is 15.7 Å². The standard InChI is InChI=1S/C14H26N2O3S/c1-11(14(17)16-12-6-3-2-4-7-12)15-10-13-8-5-9-20(13,18)19/h11-13,15H,2-10H2,1H3,(H,16,17). The van der Waals surface area contributed by atoms with E-state index >= 15 is 0 Å². The maximum atomic E-state index is 12.1. The van der Waals surface area contributed by atoms with Crippen LogP contribution in [0.15, 0.2) is 0 Å². The van der Waals surface area contributed by atoms with Crippen molar-refractivity contribution < 1.29 is 13.2 Å². The first-order valence-corrected chi connectivity index (χ1v) is 9.46. The molecule has 1 saturated heterocycles. The van der Waals surface area contributed by atoms with Crippen molar-refractivity contribution in [2.45, 2.75) is 69.2 Å². The Morgan fingerprint density at radius 3 is 2.45 bits per heavy atom. The Hall–Kier alpha value is -0.620. The topological polar surface area (TPSA) is 75.3 Å². The summed E-state index contributed by atoms with van der Waals surface area (Å²) in [5.74, 6) is 0.287. The molecule has 2 unspecified atom stereocenters. The molecule has 0 bridgehead atoms. The van der Waals surface area contributed by atoms with E-state index in [0.717, 1.165) is 19.3 Å². The molecule has 5 nitrogen and oxygen atoms in total. The van der Waals surface area contributed by atoms with E-state index in [-0.39, 0.29) is 17.2 Å². The van der Waals surface area contributed by atoms with Crippen molar-refractivity contribution in [1.29, 1.82) is 0 Å². The van der Waals surface area contributed by atoms with Gasteiger partial charge in [-0.05, 0) is 32.6 Å². The van der Waals surface area contributed by atoms with Crippen LogP contribution in [-0.4, -0.2) is 44.0 Å². The Balaban J connectivity index is 1.73. The van der Waals surface area contributed by atoms with Crippen LogP contribution in [0, 0.1) is 0 Å². The summed E-state index contributed by atoms with van der Waals surface area (Å²) in [6.45, 7) is 2.20. The van der Waals surface area contributed by atoms with Gasteiger partial charge in [-0.1, -0.05) is 19.3 Å². The summed E-state index contributed by atoms with van der Waals surface area (Å²) >= 11 is 0. The minimum atomic E-state index is -2.93. The molecule has 2 fully saturated rings. The van der Waals surface area contributed by atoms with Crippen molar-refractivity contribution in [3.05, 3.63) is 0 Å². The fourth-order valence-electron chi connectivity index (χ4n) is 3.06. The fourth-order valence-corrected chi connectivity index (χ4v) is 4.84. The van der Waals surface area contributed by atoms with Gasteiger partial charge in [0, 0.05) is 12.6 Å². The molecule has 0 spiro atoms. The summed E-state index contributed by atoms with van der Waals surface area (Å²) in [5, 5.41) is 5.83. The lowest BCUT2D eigenvalue weighted by Gasteiger charge is -2.25. The molecule has 116 valence electrons. The zero-order valence-electron chi connectivity index (χ0n) is 12.2. The highest BCUT2D eigenvalue weighted by Gasteiger charge is 2.31. The number of amides is 1. The molecule has 20 heavy (non-hydrogen) atoms. The number of hydrogen-bond acceptors (Lipinski definition) is 4. The van der Waals surface area contributed by atoms with E-state index in [0.29, 0.717) is 24.8 Å². The van der Waals surface area contributed by atoms with Gasteiger partial charge in [0.25, 0.3) is 0 Å². The highest BCUT2D eigenvalue weighted by atomic mass is 32.2. The predicted molar refractivity (Wildman–Crippen MR) is 79.3 cm³/mol. The number of rotatable bonds is 5. The third-order valence-electron chi connectivity index (χ3n) is 4.46. The lowest BCUT2D eigenvalue weighted by molar-refractivity contribution is -0.123. The van der Waals surface area contributed by atoms with Crippen LogP contribution in [0.4, 0.5) is 0 Å². The molecule has 1 aliphatic heterocycles. The number of sulfone groups is 1. The molecule has 1 heterocycles. The van der Waals surface area contributed by atoms with E-state index in [1.807, 2.05) is 0 Å². The quantitative estimate of drug-likeness (QED) is 0.794. The summed E-state index contributed by atoms with van der Waals surface area (Å²) in [4.78, 5) is 12.1. The van der Waals surface area contributed by atoms with Gasteiger partial charge < -0.3 is 10.6 Å². The maximum absolute atomic E-state index is 12.1. The smallest absolute Gasteiger partial charge is 0.237 e. The molecule has 1 aliphatic carbocycles. The molecule has 2 aliphatic rings. The molecule has 0 aromatic heterocycles. The Labute approximate surface area is 121 Å². The number of carbonyl (C=O) groups is 1. The van der Waals surface area contributed by atoms with Crippen LogP contribution in [-0.2, 0) is 14.6 Å². The molecule has 2 N–H and O–H groups in total. The molecule has 0 aromatic carbocycles. The molecule has 0 aromatic rings. The Morgan fingerprint density at radius 2 is 1.85 bits per heavy atom. The van der Waals surface area contributed by atoms with Gasteiger partial charge in [-0.25, -0.2) is 8.42 Å². The third kappa shape index (κ3) is 4.19. The zero-order valence-corrected chi connectivity index (χ0v) is 13.0. The van der Waals surface area contributed by atoms with Crippen LogP contribution < -0.4 is 10.6 Å². The van der Waals surface area contributed by atoms with Gasteiger partial charge in [0.05, 0.1) is 17.0 Å². The summed E-state index contributed by atoms with van der Waals surface area (Å²) < 4.78 is 23.4. The van der Waals surface area contributed by atoms with Crippen molar-refractivity contribution in [3.63, 3.8) is 0 Å². The normalized spacial score (nSPS) is 28.1. The van der Waals surface area contributed by atoms with E-state index in [4.69, 9.17) is 0 Å². The summed E-state index contributed by atoms with van der Waals surface area (Å²) in [6.07, 6.45) is 7.23. The van der Waals surface area contributed by atoms with Gasteiger partial charge in [0.1, 0.15) is 0 Å². The van der Waals surface area contributed by atoms with Crippen LogP contribution in [0.1, 0.15) is 51.9 Å². The van der Waals surface area contributed by atoms with Crippen molar-refractivity contribution in [2.24, 2.45) is 0 Å². The third-order valence-corrected chi connectivity index (χ3v) is 6.74. The Bertz CT molecular complexity index is 430. The largest absolute Gasteiger partial charge is 0.352 e. The summed E-state index contributed by atoms with van der Waals surface area (Å²) in [7, 11) is -2.93. The van der Waals surface area contributed by atoms with Crippen LogP contribution in [0.2, 0.25) is 0 Å². The van der Waals surface area contributed by atoms with Gasteiger partial charge in [-0.2, -0.15) is 0 Å². The second-order valence-corrected chi connectivity index (χ2v) is 8.51. The average molecular weight is 302 g/mol. The van der Waals surface area contributed by atoms with Gasteiger partial charge in [-0.15, -0.1) is 0 Å². The van der Waals surface area contributed by atoms with E-state index in [2.05, 4.69) is 10.6 Å². The lowest BCUT2D eigenvalue weighted by atomic mass is 9.95. The number of nitrogens with one attached hydrogen (secondary N) is 2. The molecule has 2 rings (SSSR count). The molecule has 6 heteroatoms. The van der Waals surface area contributed by atoms with Gasteiger partial charge in [0.15, 0.2) is 9.84 Å². The van der Waals surface area contributed by atoms with E-state index < -0.39 is 9.84 Å². The van der Waals surface area contributed by atoms with Gasteiger partial charge >= 0.3 is 0 Å². The average Bonchev–Trinajstić information content (AvgIpc) is 2.76. The molecule has 2 atom stereocenters. The van der Waals surface area contributed by atoms with Gasteiger partial charge in [-0.3, -0.25) is 4.79 Å². The SMILES string of the molecule is CC(NCC1CCCS1(=O)=O)C(=O)NC1CCCCC1. The van der Waals surface area contributed by atoms with Crippen LogP contribution in [0.25, 0.3) is 0 Å².